The zero-order valence-corrected chi connectivity index (χ0v) is 11.5. The van der Waals surface area contributed by atoms with E-state index in [1.165, 1.54) is 0 Å². The number of amides is 1. The first kappa shape index (κ1) is 12.9. The van der Waals surface area contributed by atoms with Gasteiger partial charge in [-0.05, 0) is 33.1 Å². The third kappa shape index (κ3) is 2.66. The second-order valence-electron chi connectivity index (χ2n) is 5.74. The Balaban J connectivity index is 2.20. The molecule has 1 aliphatic rings. The fraction of sp³-hybridized carbons (Fsp3) is 0.692. The third-order valence-corrected chi connectivity index (χ3v) is 3.03. The van der Waals surface area contributed by atoms with Gasteiger partial charge in [-0.3, -0.25) is 4.90 Å². The van der Waals surface area contributed by atoms with Crippen LogP contribution < -0.4 is 4.90 Å². The number of carbonyl (C=O) groups is 1. The van der Waals surface area contributed by atoms with Crippen LogP contribution in [0.2, 0.25) is 0 Å². The van der Waals surface area contributed by atoms with E-state index in [4.69, 9.17) is 4.74 Å². The van der Waals surface area contributed by atoms with Crippen molar-refractivity contribution in [3.8, 4) is 0 Å². The average Bonchev–Trinajstić information content (AvgIpc) is 2.72. The van der Waals surface area contributed by atoms with Crippen LogP contribution in [0.15, 0.2) is 12.3 Å². The van der Waals surface area contributed by atoms with Gasteiger partial charge in [-0.15, -0.1) is 0 Å². The summed E-state index contributed by atoms with van der Waals surface area (Å²) in [5.74, 6) is 1.26. The third-order valence-electron chi connectivity index (χ3n) is 3.03. The molecule has 1 aliphatic heterocycles. The van der Waals surface area contributed by atoms with Crippen LogP contribution in [0.1, 0.15) is 34.1 Å². The number of rotatable bonds is 1. The molecule has 0 bridgehead atoms. The van der Waals surface area contributed by atoms with Crippen molar-refractivity contribution in [2.75, 3.05) is 11.4 Å². The zero-order valence-electron chi connectivity index (χ0n) is 11.5. The highest BCUT2D eigenvalue weighted by Gasteiger charge is 2.31. The molecule has 0 aromatic carbocycles. The lowest BCUT2D eigenvalue weighted by Gasteiger charge is -2.34. The molecule has 0 aliphatic carbocycles. The molecule has 2 rings (SSSR count). The predicted octanol–water partition coefficient (Wildman–Crippen LogP) is 2.66. The maximum absolute atomic E-state index is 12.2. The van der Waals surface area contributed by atoms with E-state index in [9.17, 15) is 4.79 Å². The van der Waals surface area contributed by atoms with Crippen LogP contribution in [0, 0.1) is 5.92 Å². The molecule has 0 saturated carbocycles. The molecule has 0 radical (unpaired) electrons. The van der Waals surface area contributed by atoms with Crippen LogP contribution in [0.5, 0.6) is 0 Å². The molecule has 5 nitrogen and oxygen atoms in total. The molecule has 1 unspecified atom stereocenters. The van der Waals surface area contributed by atoms with E-state index >= 15 is 0 Å². The first-order valence-corrected chi connectivity index (χ1v) is 6.43. The highest BCUT2D eigenvalue weighted by Crippen LogP contribution is 2.26. The van der Waals surface area contributed by atoms with Crippen molar-refractivity contribution in [2.24, 2.45) is 5.92 Å². The van der Waals surface area contributed by atoms with Crippen molar-refractivity contribution in [1.29, 1.82) is 0 Å². The largest absolute Gasteiger partial charge is 0.443 e. The number of hydrogen-bond acceptors (Lipinski definition) is 3. The molecule has 1 atom stereocenters. The van der Waals surface area contributed by atoms with E-state index < -0.39 is 5.60 Å². The van der Waals surface area contributed by atoms with Crippen LogP contribution in [-0.2, 0) is 11.3 Å². The van der Waals surface area contributed by atoms with Gasteiger partial charge in [-0.1, -0.05) is 6.92 Å². The smallest absolute Gasteiger partial charge is 0.416 e. The lowest BCUT2D eigenvalue weighted by molar-refractivity contribution is 0.0563. The minimum atomic E-state index is -0.471. The quantitative estimate of drug-likeness (QED) is 0.771. The minimum Gasteiger partial charge on any atom is -0.443 e. The van der Waals surface area contributed by atoms with Gasteiger partial charge in [-0.2, -0.15) is 5.10 Å². The van der Waals surface area contributed by atoms with Gasteiger partial charge in [0.15, 0.2) is 0 Å². The first-order valence-electron chi connectivity index (χ1n) is 6.43. The van der Waals surface area contributed by atoms with Crippen LogP contribution >= 0.6 is 0 Å². The molecule has 0 N–H and O–H groups in total. The zero-order chi connectivity index (χ0) is 13.3. The number of anilines is 1. The van der Waals surface area contributed by atoms with E-state index in [-0.39, 0.29) is 6.09 Å². The fourth-order valence-corrected chi connectivity index (χ4v) is 2.09. The Kier molecular flexibility index (Phi) is 3.32. The van der Waals surface area contributed by atoms with Gasteiger partial charge < -0.3 is 4.74 Å². The summed E-state index contributed by atoms with van der Waals surface area (Å²) in [6.45, 7) is 9.35. The summed E-state index contributed by atoms with van der Waals surface area (Å²) in [7, 11) is 0. The van der Waals surface area contributed by atoms with Gasteiger partial charge in [-0.25, -0.2) is 9.48 Å². The number of hydrogen-bond donors (Lipinski definition) is 0. The summed E-state index contributed by atoms with van der Waals surface area (Å²) in [6.07, 6.45) is 2.46. The van der Waals surface area contributed by atoms with Crippen LogP contribution in [0.25, 0.3) is 0 Å². The number of ether oxygens (including phenoxy) is 1. The first-order chi connectivity index (χ1) is 8.40. The van der Waals surface area contributed by atoms with Crippen molar-refractivity contribution >= 4 is 11.9 Å². The maximum Gasteiger partial charge on any atom is 0.416 e. The summed E-state index contributed by atoms with van der Waals surface area (Å²) >= 11 is 0. The molecule has 100 valence electrons. The van der Waals surface area contributed by atoms with Crippen LogP contribution in [0.3, 0.4) is 0 Å². The Morgan fingerprint density at radius 1 is 1.50 bits per heavy atom. The predicted molar refractivity (Wildman–Crippen MR) is 69.6 cm³/mol. The molecule has 0 spiro atoms. The minimum absolute atomic E-state index is 0.289. The van der Waals surface area contributed by atoms with Gasteiger partial charge in [0.05, 0.1) is 6.20 Å². The molecule has 5 heteroatoms. The monoisotopic (exact) mass is 251 g/mol. The number of nitrogens with zero attached hydrogens (tertiary/aromatic N) is 3. The van der Waals surface area contributed by atoms with Crippen LogP contribution in [-0.4, -0.2) is 28.0 Å². The average molecular weight is 251 g/mol. The Hall–Kier alpha value is -1.52. The molecule has 1 aromatic heterocycles. The SMILES string of the molecule is CCC1CN(C(=O)OC(C)(C)C)c2ccnn2C1. The standard InChI is InChI=1S/C13H21N3O2/c1-5-10-8-15(12(17)18-13(2,3)4)11-6-7-14-16(11)9-10/h6-7,10H,5,8-9H2,1-4H3. The lowest BCUT2D eigenvalue weighted by atomic mass is 10.0. The van der Waals surface area contributed by atoms with Gasteiger partial charge in [0.1, 0.15) is 11.4 Å². The Labute approximate surface area is 108 Å². The Bertz CT molecular complexity index is 434. The summed E-state index contributed by atoms with van der Waals surface area (Å²) < 4.78 is 7.32. The number of carbonyl (C=O) groups excluding carboxylic acids is 1. The van der Waals surface area contributed by atoms with E-state index in [0.29, 0.717) is 12.5 Å². The number of fused-ring (bicyclic) bond motifs is 1. The van der Waals surface area contributed by atoms with E-state index in [2.05, 4.69) is 12.0 Å². The molecular formula is C13H21N3O2. The summed E-state index contributed by atoms with van der Waals surface area (Å²) in [5.41, 5.74) is -0.471. The van der Waals surface area contributed by atoms with Crippen molar-refractivity contribution in [2.45, 2.75) is 46.3 Å². The van der Waals surface area contributed by atoms with E-state index in [0.717, 1.165) is 18.8 Å². The van der Waals surface area contributed by atoms with Gasteiger partial charge in [0.25, 0.3) is 0 Å². The van der Waals surface area contributed by atoms with Gasteiger partial charge in [0, 0.05) is 19.2 Å². The lowest BCUT2D eigenvalue weighted by Crippen LogP contribution is -2.44. The summed E-state index contributed by atoms with van der Waals surface area (Å²) in [4.78, 5) is 13.9. The van der Waals surface area contributed by atoms with Crippen LogP contribution in [0.4, 0.5) is 10.6 Å². The van der Waals surface area contributed by atoms with Crippen molar-refractivity contribution in [1.82, 2.24) is 9.78 Å². The van der Waals surface area contributed by atoms with E-state index in [1.54, 1.807) is 11.1 Å². The van der Waals surface area contributed by atoms with Crippen molar-refractivity contribution in [3.63, 3.8) is 0 Å². The van der Waals surface area contributed by atoms with Crippen molar-refractivity contribution in [3.05, 3.63) is 12.3 Å². The molecule has 18 heavy (non-hydrogen) atoms. The second-order valence-corrected chi connectivity index (χ2v) is 5.74. The second kappa shape index (κ2) is 4.63. The normalized spacial score (nSPS) is 19.6. The molecule has 1 aromatic rings. The molecular weight excluding hydrogens is 230 g/mol. The summed E-state index contributed by atoms with van der Waals surface area (Å²) in [6, 6.07) is 1.86. The highest BCUT2D eigenvalue weighted by molar-refractivity contribution is 5.87. The molecule has 0 saturated heterocycles. The number of aromatic nitrogens is 2. The maximum atomic E-state index is 12.2. The molecule has 1 amide bonds. The summed E-state index contributed by atoms with van der Waals surface area (Å²) in [5, 5.41) is 4.25. The Morgan fingerprint density at radius 3 is 2.83 bits per heavy atom. The Morgan fingerprint density at radius 2 is 2.22 bits per heavy atom. The van der Waals surface area contributed by atoms with E-state index in [1.807, 2.05) is 31.5 Å². The fourth-order valence-electron chi connectivity index (χ4n) is 2.09. The van der Waals surface area contributed by atoms with Crippen molar-refractivity contribution < 1.29 is 9.53 Å². The topological polar surface area (TPSA) is 47.4 Å². The van der Waals surface area contributed by atoms with Gasteiger partial charge >= 0.3 is 6.09 Å². The highest BCUT2D eigenvalue weighted by atomic mass is 16.6. The molecule has 0 fully saturated rings. The molecule has 2 heterocycles. The van der Waals surface area contributed by atoms with Gasteiger partial charge in [0.2, 0.25) is 0 Å².